The molecule has 0 aliphatic heterocycles. The fourth-order valence-electron chi connectivity index (χ4n) is 2.79. The Morgan fingerprint density at radius 1 is 1.00 bits per heavy atom. The lowest BCUT2D eigenvalue weighted by Crippen LogP contribution is -2.41. The molecule has 172 valence electrons. The number of aromatic hydroxyl groups is 1. The molecule has 0 radical (unpaired) electrons. The number of hydrogen-bond donors (Lipinski definition) is 3. The quantitative estimate of drug-likeness (QED) is 0.404. The van der Waals surface area contributed by atoms with Gasteiger partial charge in [0.1, 0.15) is 24.0 Å². The molecule has 0 saturated heterocycles. The summed E-state index contributed by atoms with van der Waals surface area (Å²) < 4.78 is 10.5. The molecule has 0 fully saturated rings. The van der Waals surface area contributed by atoms with Crippen LogP contribution in [0.5, 0.6) is 5.75 Å². The number of alkyl carbamates (subject to hydrolysis) is 1. The predicted octanol–water partition coefficient (Wildman–Crippen LogP) is 3.60. The topological polar surface area (TPSA) is 114 Å². The van der Waals surface area contributed by atoms with Gasteiger partial charge in [-0.2, -0.15) is 0 Å². The summed E-state index contributed by atoms with van der Waals surface area (Å²) in [4.78, 5) is 36.8. The van der Waals surface area contributed by atoms with E-state index in [1.807, 2.05) is 30.3 Å². The van der Waals surface area contributed by atoms with Gasteiger partial charge in [0.15, 0.2) is 0 Å². The highest BCUT2D eigenvalue weighted by atomic mass is 16.6. The first-order chi connectivity index (χ1) is 15.1. The third-order valence-corrected chi connectivity index (χ3v) is 4.24. The summed E-state index contributed by atoms with van der Waals surface area (Å²) in [5, 5.41) is 14.8. The molecule has 2 rings (SSSR count). The number of esters is 1. The highest BCUT2D eigenvalue weighted by Gasteiger charge is 2.23. The Morgan fingerprint density at radius 2 is 1.66 bits per heavy atom. The number of phenolic OH excluding ortho intramolecular Hbond substituents is 1. The highest BCUT2D eigenvalue weighted by molar-refractivity contribution is 5.87. The van der Waals surface area contributed by atoms with Crippen molar-refractivity contribution in [3.05, 3.63) is 65.7 Å². The lowest BCUT2D eigenvalue weighted by molar-refractivity contribution is -0.155. The average molecular weight is 443 g/mol. The minimum atomic E-state index is -1.03. The fourth-order valence-corrected chi connectivity index (χ4v) is 2.79. The van der Waals surface area contributed by atoms with Crippen LogP contribution in [0.25, 0.3) is 0 Å². The van der Waals surface area contributed by atoms with Gasteiger partial charge in [-0.3, -0.25) is 9.59 Å². The van der Waals surface area contributed by atoms with E-state index in [1.54, 1.807) is 20.8 Å². The zero-order chi connectivity index (χ0) is 23.6. The average Bonchev–Trinajstić information content (AvgIpc) is 2.74. The summed E-state index contributed by atoms with van der Waals surface area (Å²) in [7, 11) is 0. The molecule has 0 aromatic heterocycles. The number of nitrogens with one attached hydrogen (secondary N) is 2. The minimum Gasteiger partial charge on any atom is -0.508 e. The van der Waals surface area contributed by atoms with Crippen molar-refractivity contribution in [3.63, 3.8) is 0 Å². The molecule has 1 atom stereocenters. The van der Waals surface area contributed by atoms with Crippen LogP contribution in [0.4, 0.5) is 4.79 Å². The van der Waals surface area contributed by atoms with Crippen LogP contribution in [0.2, 0.25) is 0 Å². The van der Waals surface area contributed by atoms with Gasteiger partial charge in [0.2, 0.25) is 5.91 Å². The Kier molecular flexibility index (Phi) is 9.07. The number of rotatable bonds is 9. The van der Waals surface area contributed by atoms with Crippen LogP contribution in [0, 0.1) is 0 Å². The Hall–Kier alpha value is -3.55. The Labute approximate surface area is 187 Å². The van der Waals surface area contributed by atoms with E-state index in [9.17, 15) is 19.5 Å². The number of amides is 2. The van der Waals surface area contributed by atoms with Crippen LogP contribution in [0.3, 0.4) is 0 Å². The van der Waals surface area contributed by atoms with Crippen molar-refractivity contribution >= 4 is 18.0 Å². The van der Waals surface area contributed by atoms with Crippen LogP contribution in [-0.4, -0.2) is 35.2 Å². The molecule has 32 heavy (non-hydrogen) atoms. The fraction of sp³-hybridized carbons (Fsp3) is 0.375. The molecule has 2 aromatic carbocycles. The summed E-state index contributed by atoms with van der Waals surface area (Å²) in [5.41, 5.74) is 0.730. The zero-order valence-corrected chi connectivity index (χ0v) is 18.6. The van der Waals surface area contributed by atoms with Gasteiger partial charge in [-0.05, 0) is 50.5 Å². The van der Waals surface area contributed by atoms with Crippen LogP contribution in [0.1, 0.15) is 50.8 Å². The molecule has 3 N–H and O–H groups in total. The van der Waals surface area contributed by atoms with Crippen LogP contribution in [0.15, 0.2) is 54.6 Å². The Morgan fingerprint density at radius 3 is 2.28 bits per heavy atom. The van der Waals surface area contributed by atoms with E-state index in [2.05, 4.69) is 10.6 Å². The standard InChI is InChI=1S/C24H30N2O6/c1-24(2,3)32-20(28)10-7-15-25-22(29)21(18-11-13-19(27)14-12-18)26-23(30)31-16-17-8-5-4-6-9-17/h4-6,8-9,11-14,21,27H,7,10,15-16H2,1-3H3,(H,25,29)(H,26,30). The van der Waals surface area contributed by atoms with Gasteiger partial charge in [0, 0.05) is 13.0 Å². The smallest absolute Gasteiger partial charge is 0.408 e. The molecule has 8 nitrogen and oxygen atoms in total. The van der Waals surface area contributed by atoms with Crippen molar-refractivity contribution in [1.29, 1.82) is 0 Å². The lowest BCUT2D eigenvalue weighted by Gasteiger charge is -2.20. The molecular weight excluding hydrogens is 412 g/mol. The molecule has 8 heteroatoms. The van der Waals surface area contributed by atoms with E-state index in [1.165, 1.54) is 24.3 Å². The summed E-state index contributed by atoms with van der Waals surface area (Å²) in [6.07, 6.45) is -0.203. The first kappa shape index (κ1) is 24.7. The highest BCUT2D eigenvalue weighted by Crippen LogP contribution is 2.18. The number of ether oxygens (including phenoxy) is 2. The number of carbonyl (C=O) groups is 3. The van der Waals surface area contributed by atoms with Gasteiger partial charge in [0.05, 0.1) is 0 Å². The number of hydrogen-bond acceptors (Lipinski definition) is 6. The molecule has 0 aliphatic rings. The monoisotopic (exact) mass is 442 g/mol. The summed E-state index contributed by atoms with van der Waals surface area (Å²) in [6.45, 7) is 5.66. The van der Waals surface area contributed by atoms with Gasteiger partial charge in [-0.1, -0.05) is 42.5 Å². The third-order valence-electron chi connectivity index (χ3n) is 4.24. The molecule has 0 saturated carbocycles. The van der Waals surface area contributed by atoms with E-state index in [4.69, 9.17) is 9.47 Å². The van der Waals surface area contributed by atoms with E-state index in [-0.39, 0.29) is 31.3 Å². The summed E-state index contributed by atoms with van der Waals surface area (Å²) >= 11 is 0. The molecule has 0 aliphatic carbocycles. The van der Waals surface area contributed by atoms with Crippen LogP contribution < -0.4 is 10.6 Å². The molecule has 0 heterocycles. The van der Waals surface area contributed by atoms with Gasteiger partial charge in [-0.15, -0.1) is 0 Å². The zero-order valence-electron chi connectivity index (χ0n) is 18.6. The number of carbonyl (C=O) groups excluding carboxylic acids is 3. The Bertz CT molecular complexity index is 891. The van der Waals surface area contributed by atoms with E-state index >= 15 is 0 Å². The first-order valence-electron chi connectivity index (χ1n) is 10.4. The normalized spacial score (nSPS) is 11.8. The van der Waals surface area contributed by atoms with Crippen molar-refractivity contribution in [2.45, 2.75) is 51.9 Å². The second-order valence-corrected chi connectivity index (χ2v) is 8.21. The van der Waals surface area contributed by atoms with Crippen molar-refractivity contribution in [1.82, 2.24) is 10.6 Å². The van der Waals surface area contributed by atoms with Crippen molar-refractivity contribution in [2.24, 2.45) is 0 Å². The lowest BCUT2D eigenvalue weighted by atomic mass is 10.1. The maximum Gasteiger partial charge on any atom is 0.408 e. The van der Waals surface area contributed by atoms with Crippen LogP contribution >= 0.6 is 0 Å². The van der Waals surface area contributed by atoms with Crippen molar-refractivity contribution in [3.8, 4) is 5.75 Å². The molecule has 0 spiro atoms. The van der Waals surface area contributed by atoms with E-state index < -0.39 is 23.6 Å². The molecule has 2 aromatic rings. The van der Waals surface area contributed by atoms with Gasteiger partial charge in [0.25, 0.3) is 0 Å². The second-order valence-electron chi connectivity index (χ2n) is 8.21. The maximum atomic E-state index is 12.8. The molecule has 1 unspecified atom stereocenters. The van der Waals surface area contributed by atoms with Gasteiger partial charge in [-0.25, -0.2) is 4.79 Å². The minimum absolute atomic E-state index is 0.0388. The van der Waals surface area contributed by atoms with E-state index in [0.29, 0.717) is 12.0 Å². The molecule has 0 bridgehead atoms. The third kappa shape index (κ3) is 9.07. The predicted molar refractivity (Wildman–Crippen MR) is 119 cm³/mol. The van der Waals surface area contributed by atoms with Crippen molar-refractivity contribution in [2.75, 3.05) is 6.54 Å². The SMILES string of the molecule is CC(C)(C)OC(=O)CCCNC(=O)C(NC(=O)OCc1ccccc1)c1ccc(O)cc1. The maximum absolute atomic E-state index is 12.8. The first-order valence-corrected chi connectivity index (χ1v) is 10.4. The molecule has 2 amide bonds. The largest absolute Gasteiger partial charge is 0.508 e. The summed E-state index contributed by atoms with van der Waals surface area (Å²) in [6, 6.07) is 14.1. The number of phenols is 1. The number of benzene rings is 2. The van der Waals surface area contributed by atoms with Gasteiger partial charge < -0.3 is 25.2 Å². The van der Waals surface area contributed by atoms with E-state index in [0.717, 1.165) is 5.56 Å². The summed E-state index contributed by atoms with van der Waals surface area (Å²) in [5.74, 6) is -0.766. The van der Waals surface area contributed by atoms with Crippen LogP contribution in [-0.2, 0) is 25.7 Å². The van der Waals surface area contributed by atoms with Gasteiger partial charge >= 0.3 is 12.1 Å². The second kappa shape index (κ2) is 11.7. The van der Waals surface area contributed by atoms with Crippen molar-refractivity contribution < 1.29 is 29.0 Å². The Balaban J connectivity index is 1.92. The molecular formula is C24H30N2O6.